The van der Waals surface area contributed by atoms with Crippen LogP contribution in [0.5, 0.6) is 0 Å². The van der Waals surface area contributed by atoms with Gasteiger partial charge in [0.2, 0.25) is 5.89 Å². The Balaban J connectivity index is 1.16. The van der Waals surface area contributed by atoms with Crippen LogP contribution in [-0.2, 0) is 6.42 Å². The first-order chi connectivity index (χ1) is 15.8. The number of nitrogens with zero attached hydrogens (tertiary/aromatic N) is 2. The third-order valence-corrected chi connectivity index (χ3v) is 5.77. The lowest BCUT2D eigenvalue weighted by molar-refractivity contribution is 0.620. The molecule has 0 bridgehead atoms. The summed E-state index contributed by atoms with van der Waals surface area (Å²) < 4.78 is 5.86. The smallest absolute Gasteiger partial charge is 0.227 e. The van der Waals surface area contributed by atoms with Gasteiger partial charge >= 0.3 is 0 Å². The molecule has 0 aliphatic carbocycles. The molecule has 1 aliphatic heterocycles. The fourth-order valence-corrected chi connectivity index (χ4v) is 4.01. The van der Waals surface area contributed by atoms with Gasteiger partial charge in [0.15, 0.2) is 5.58 Å². The SMILES string of the molecule is C(=Cc1ccc(-c2nc3ccccc3o2)cc1)c1ccc(C2=Nc3ccccc3C2)cc1. The first-order valence-electron chi connectivity index (χ1n) is 10.7. The molecule has 4 aromatic carbocycles. The molecule has 0 spiro atoms. The van der Waals surface area contributed by atoms with Crippen LogP contribution in [0.4, 0.5) is 5.69 Å². The quantitative estimate of drug-likeness (QED) is 0.290. The number of benzene rings is 4. The summed E-state index contributed by atoms with van der Waals surface area (Å²) in [5.41, 5.74) is 9.65. The Labute approximate surface area is 186 Å². The van der Waals surface area contributed by atoms with Gasteiger partial charge in [-0.05, 0) is 52.6 Å². The van der Waals surface area contributed by atoms with Gasteiger partial charge in [0.1, 0.15) is 5.52 Å². The number of hydrogen-bond donors (Lipinski definition) is 0. The van der Waals surface area contributed by atoms with Gasteiger partial charge in [0, 0.05) is 12.0 Å². The van der Waals surface area contributed by atoms with Crippen LogP contribution in [0.2, 0.25) is 0 Å². The molecule has 0 saturated carbocycles. The monoisotopic (exact) mass is 412 g/mol. The summed E-state index contributed by atoms with van der Waals surface area (Å²) >= 11 is 0. The first kappa shape index (κ1) is 18.5. The minimum absolute atomic E-state index is 0.647. The maximum Gasteiger partial charge on any atom is 0.227 e. The Morgan fingerprint density at radius 1 is 0.656 bits per heavy atom. The van der Waals surface area contributed by atoms with Crippen molar-refractivity contribution in [2.45, 2.75) is 6.42 Å². The van der Waals surface area contributed by atoms with Crippen LogP contribution in [0.1, 0.15) is 22.3 Å². The van der Waals surface area contributed by atoms with Crippen molar-refractivity contribution < 1.29 is 4.42 Å². The standard InChI is InChI=1S/C29H20N2O/c1-2-6-25-24(5-1)19-27(30-25)22-15-11-20(12-16-22)9-10-21-13-17-23(18-14-21)29-31-26-7-3-4-8-28(26)32-29/h1-18H,19H2. The maximum absolute atomic E-state index is 5.86. The third kappa shape index (κ3) is 3.54. The Morgan fingerprint density at radius 3 is 2.03 bits per heavy atom. The van der Waals surface area contributed by atoms with Gasteiger partial charge in [-0.3, -0.25) is 4.99 Å². The van der Waals surface area contributed by atoms with E-state index in [0.29, 0.717) is 5.89 Å². The summed E-state index contributed by atoms with van der Waals surface area (Å²) in [6.45, 7) is 0. The average molecular weight is 412 g/mol. The molecule has 0 radical (unpaired) electrons. The molecule has 0 saturated heterocycles. The van der Waals surface area contributed by atoms with E-state index in [9.17, 15) is 0 Å². The summed E-state index contributed by atoms with van der Waals surface area (Å²) in [4.78, 5) is 9.34. The highest BCUT2D eigenvalue weighted by molar-refractivity contribution is 6.06. The summed E-state index contributed by atoms with van der Waals surface area (Å²) in [6, 6.07) is 33.0. The van der Waals surface area contributed by atoms with Crippen molar-refractivity contribution in [3.8, 4) is 11.5 Å². The van der Waals surface area contributed by atoms with E-state index in [-0.39, 0.29) is 0 Å². The molecule has 3 nitrogen and oxygen atoms in total. The van der Waals surface area contributed by atoms with E-state index in [1.165, 1.54) is 11.1 Å². The van der Waals surface area contributed by atoms with Crippen LogP contribution in [0.25, 0.3) is 34.7 Å². The molecule has 32 heavy (non-hydrogen) atoms. The van der Waals surface area contributed by atoms with E-state index in [2.05, 4.69) is 71.7 Å². The second kappa shape index (κ2) is 7.78. The largest absolute Gasteiger partial charge is 0.436 e. The second-order valence-electron chi connectivity index (χ2n) is 7.93. The highest BCUT2D eigenvalue weighted by Crippen LogP contribution is 2.28. The Kier molecular flexibility index (Phi) is 4.51. The number of aliphatic imine (C=N–C) groups is 1. The van der Waals surface area contributed by atoms with Gasteiger partial charge in [-0.25, -0.2) is 4.98 Å². The molecule has 3 heteroatoms. The van der Waals surface area contributed by atoms with Crippen molar-refractivity contribution in [3.63, 3.8) is 0 Å². The predicted octanol–water partition coefficient (Wildman–Crippen LogP) is 7.34. The highest BCUT2D eigenvalue weighted by atomic mass is 16.3. The first-order valence-corrected chi connectivity index (χ1v) is 10.7. The Hall–Kier alpha value is -4.24. The van der Waals surface area contributed by atoms with Crippen molar-refractivity contribution in [2.75, 3.05) is 0 Å². The van der Waals surface area contributed by atoms with E-state index in [1.807, 2.05) is 42.5 Å². The number of fused-ring (bicyclic) bond motifs is 2. The third-order valence-electron chi connectivity index (χ3n) is 5.77. The highest BCUT2D eigenvalue weighted by Gasteiger charge is 2.15. The molecule has 0 N–H and O–H groups in total. The lowest BCUT2D eigenvalue weighted by Crippen LogP contribution is -1.99. The molecule has 1 aromatic heterocycles. The number of rotatable bonds is 4. The zero-order valence-electron chi connectivity index (χ0n) is 17.4. The minimum atomic E-state index is 0.647. The summed E-state index contributed by atoms with van der Waals surface area (Å²) in [6.07, 6.45) is 5.15. The van der Waals surface area contributed by atoms with Crippen molar-refractivity contribution >= 4 is 34.7 Å². The minimum Gasteiger partial charge on any atom is -0.436 e. The van der Waals surface area contributed by atoms with E-state index < -0.39 is 0 Å². The molecule has 0 atom stereocenters. The predicted molar refractivity (Wildman–Crippen MR) is 131 cm³/mol. The summed E-state index contributed by atoms with van der Waals surface area (Å²) in [5, 5.41) is 0. The number of aromatic nitrogens is 1. The van der Waals surface area contributed by atoms with Crippen molar-refractivity contribution in [1.29, 1.82) is 0 Å². The second-order valence-corrected chi connectivity index (χ2v) is 7.93. The lowest BCUT2D eigenvalue weighted by atomic mass is 10.0. The molecule has 6 rings (SSSR count). The normalized spacial score (nSPS) is 12.9. The molecule has 152 valence electrons. The maximum atomic E-state index is 5.86. The number of hydrogen-bond acceptors (Lipinski definition) is 3. The van der Waals surface area contributed by atoms with Crippen molar-refractivity contribution in [3.05, 3.63) is 119 Å². The summed E-state index contributed by atoms with van der Waals surface area (Å²) in [5.74, 6) is 0.647. The van der Waals surface area contributed by atoms with Crippen LogP contribution in [0, 0.1) is 0 Å². The fraction of sp³-hybridized carbons (Fsp3) is 0.0345. The van der Waals surface area contributed by atoms with Gasteiger partial charge in [-0.1, -0.05) is 78.9 Å². The topological polar surface area (TPSA) is 38.4 Å². The van der Waals surface area contributed by atoms with Crippen LogP contribution in [0.3, 0.4) is 0 Å². The molecule has 0 fully saturated rings. The Bertz CT molecular complexity index is 1440. The Morgan fingerprint density at radius 2 is 1.31 bits per heavy atom. The molecule has 1 aliphatic rings. The number of para-hydroxylation sites is 3. The molecule has 2 heterocycles. The number of oxazole rings is 1. The van der Waals surface area contributed by atoms with Gasteiger partial charge in [0.05, 0.1) is 11.4 Å². The van der Waals surface area contributed by atoms with E-state index in [4.69, 9.17) is 9.41 Å². The van der Waals surface area contributed by atoms with Crippen LogP contribution in [0.15, 0.2) is 106 Å². The van der Waals surface area contributed by atoms with E-state index >= 15 is 0 Å². The van der Waals surface area contributed by atoms with Gasteiger partial charge in [-0.15, -0.1) is 0 Å². The van der Waals surface area contributed by atoms with Crippen molar-refractivity contribution in [1.82, 2.24) is 4.98 Å². The molecule has 0 amide bonds. The lowest BCUT2D eigenvalue weighted by Gasteiger charge is -2.02. The van der Waals surface area contributed by atoms with E-state index in [1.54, 1.807) is 0 Å². The van der Waals surface area contributed by atoms with Gasteiger partial charge in [-0.2, -0.15) is 0 Å². The summed E-state index contributed by atoms with van der Waals surface area (Å²) in [7, 11) is 0. The van der Waals surface area contributed by atoms with Crippen LogP contribution < -0.4 is 0 Å². The van der Waals surface area contributed by atoms with E-state index in [0.717, 1.165) is 45.6 Å². The fourth-order valence-electron chi connectivity index (χ4n) is 4.01. The molecular weight excluding hydrogens is 392 g/mol. The zero-order valence-corrected chi connectivity index (χ0v) is 17.4. The zero-order chi connectivity index (χ0) is 21.3. The molecule has 5 aromatic rings. The molecule has 0 unspecified atom stereocenters. The molecular formula is C29H20N2O. The van der Waals surface area contributed by atoms with Gasteiger partial charge < -0.3 is 4.42 Å². The van der Waals surface area contributed by atoms with Crippen LogP contribution in [-0.4, -0.2) is 10.7 Å². The average Bonchev–Trinajstić information content (AvgIpc) is 3.48. The van der Waals surface area contributed by atoms with Crippen molar-refractivity contribution in [2.24, 2.45) is 4.99 Å². The van der Waals surface area contributed by atoms with Gasteiger partial charge in [0.25, 0.3) is 0 Å². The van der Waals surface area contributed by atoms with Crippen LogP contribution >= 0.6 is 0 Å².